The van der Waals surface area contributed by atoms with Gasteiger partial charge in [-0.2, -0.15) is 5.10 Å². The minimum Gasteiger partial charge on any atom is -0.508 e. The second kappa shape index (κ2) is 8.08. The van der Waals surface area contributed by atoms with Gasteiger partial charge in [0.1, 0.15) is 5.75 Å². The molecule has 26 heavy (non-hydrogen) atoms. The van der Waals surface area contributed by atoms with Gasteiger partial charge in [0.25, 0.3) is 0 Å². The number of aromatic nitrogens is 1. The van der Waals surface area contributed by atoms with E-state index in [4.69, 9.17) is 28.3 Å². The van der Waals surface area contributed by atoms with Crippen LogP contribution in [-0.4, -0.2) is 22.0 Å². The molecule has 0 aliphatic heterocycles. The van der Waals surface area contributed by atoms with Gasteiger partial charge in [0.15, 0.2) is 0 Å². The Hall–Kier alpha value is -2.08. The molecular formula is C19H17Cl2N3OS. The van der Waals surface area contributed by atoms with Crippen molar-refractivity contribution in [2.45, 2.75) is 13.8 Å². The Morgan fingerprint density at radius 2 is 1.88 bits per heavy atom. The van der Waals surface area contributed by atoms with Crippen LogP contribution in [0.3, 0.4) is 0 Å². The van der Waals surface area contributed by atoms with Gasteiger partial charge in [-0.1, -0.05) is 23.2 Å². The molecule has 0 radical (unpaired) electrons. The lowest BCUT2D eigenvalue weighted by Crippen LogP contribution is -2.14. The molecule has 4 nitrogen and oxygen atoms in total. The summed E-state index contributed by atoms with van der Waals surface area (Å²) in [6, 6.07) is 12.3. The summed E-state index contributed by atoms with van der Waals surface area (Å²) in [6.07, 6.45) is 0. The van der Waals surface area contributed by atoms with Crippen LogP contribution in [0.1, 0.15) is 19.4 Å². The molecule has 0 unspecified atom stereocenters. The van der Waals surface area contributed by atoms with Gasteiger partial charge in [0, 0.05) is 22.5 Å². The Morgan fingerprint density at radius 1 is 1.15 bits per heavy atom. The molecule has 2 aromatic carbocycles. The lowest BCUT2D eigenvalue weighted by atomic mass is 10.1. The third kappa shape index (κ3) is 4.01. The molecule has 1 N–H and O–H groups in total. The molecule has 0 atom stereocenters. The molecule has 0 spiro atoms. The van der Waals surface area contributed by atoms with E-state index in [0.717, 1.165) is 27.3 Å². The van der Waals surface area contributed by atoms with Gasteiger partial charge in [-0.15, -0.1) is 11.3 Å². The normalized spacial score (nSPS) is 12.6. The van der Waals surface area contributed by atoms with E-state index in [2.05, 4.69) is 4.99 Å². The number of nitrogens with zero attached hydrogens (tertiary/aromatic N) is 3. The molecule has 0 aliphatic carbocycles. The second-order valence-corrected chi connectivity index (χ2v) is 7.23. The highest BCUT2D eigenvalue weighted by Crippen LogP contribution is 2.31. The third-order valence-corrected chi connectivity index (χ3v) is 5.14. The average molecular weight is 406 g/mol. The summed E-state index contributed by atoms with van der Waals surface area (Å²) in [4.78, 5) is 5.30. The predicted octanol–water partition coefficient (Wildman–Crippen LogP) is 5.42. The lowest BCUT2D eigenvalue weighted by molar-refractivity contribution is 0.475. The maximum Gasteiger partial charge on any atom is 0.206 e. The first-order valence-electron chi connectivity index (χ1n) is 8.01. The third-order valence-electron chi connectivity index (χ3n) is 3.72. The summed E-state index contributed by atoms with van der Waals surface area (Å²) in [6.45, 7) is 4.54. The van der Waals surface area contributed by atoms with Gasteiger partial charge in [0.2, 0.25) is 4.80 Å². The molecule has 7 heteroatoms. The van der Waals surface area contributed by atoms with Crippen LogP contribution >= 0.6 is 34.5 Å². The molecular weight excluding hydrogens is 389 g/mol. The van der Waals surface area contributed by atoms with E-state index >= 15 is 0 Å². The predicted molar refractivity (Wildman–Crippen MR) is 110 cm³/mol. The first-order chi connectivity index (χ1) is 12.5. The van der Waals surface area contributed by atoms with E-state index in [1.54, 1.807) is 28.9 Å². The van der Waals surface area contributed by atoms with Gasteiger partial charge < -0.3 is 5.11 Å². The van der Waals surface area contributed by atoms with Crippen molar-refractivity contribution in [2.24, 2.45) is 10.1 Å². The number of thiazole rings is 1. The Labute approximate surface area is 165 Å². The Bertz CT molecular complexity index is 1020. The summed E-state index contributed by atoms with van der Waals surface area (Å²) in [5.41, 5.74) is 3.33. The first kappa shape index (κ1) is 18.7. The second-order valence-electron chi connectivity index (χ2n) is 5.55. The standard InChI is InChI=1S/C19H17Cl2N3OS/c1-3-22-19-24(23-12(2)13-4-7-15(25)8-5-13)18(11-26-19)16-10-14(20)6-9-17(16)21/h4-11,25H,3H2,1-2H3. The monoisotopic (exact) mass is 405 g/mol. The van der Waals surface area contributed by atoms with Crippen molar-refractivity contribution < 1.29 is 5.11 Å². The van der Waals surface area contributed by atoms with E-state index < -0.39 is 0 Å². The molecule has 3 aromatic rings. The fraction of sp³-hybridized carbons (Fsp3) is 0.158. The van der Waals surface area contributed by atoms with Gasteiger partial charge in [-0.05, 0) is 61.9 Å². The number of hydrogen-bond donors (Lipinski definition) is 1. The van der Waals surface area contributed by atoms with Crippen LogP contribution in [0.5, 0.6) is 5.75 Å². The number of phenols is 1. The number of benzene rings is 2. The van der Waals surface area contributed by atoms with Crippen LogP contribution in [0.2, 0.25) is 10.0 Å². The van der Waals surface area contributed by atoms with Crippen LogP contribution in [0, 0.1) is 0 Å². The molecule has 0 aliphatic rings. The topological polar surface area (TPSA) is 49.9 Å². The maximum absolute atomic E-state index is 9.47. The highest BCUT2D eigenvalue weighted by Gasteiger charge is 2.12. The summed E-state index contributed by atoms with van der Waals surface area (Å²) in [7, 11) is 0. The molecule has 134 valence electrons. The Kier molecular flexibility index (Phi) is 5.81. The molecule has 0 saturated carbocycles. The number of rotatable bonds is 4. The molecule has 0 bridgehead atoms. The Balaban J connectivity index is 2.18. The van der Waals surface area contributed by atoms with Crippen molar-refractivity contribution in [3.63, 3.8) is 0 Å². The van der Waals surface area contributed by atoms with Crippen LogP contribution < -0.4 is 4.80 Å². The minimum absolute atomic E-state index is 0.220. The quantitative estimate of drug-likeness (QED) is 0.578. The summed E-state index contributed by atoms with van der Waals surface area (Å²) in [5.74, 6) is 0.220. The zero-order valence-electron chi connectivity index (χ0n) is 14.3. The highest BCUT2D eigenvalue weighted by atomic mass is 35.5. The summed E-state index contributed by atoms with van der Waals surface area (Å²) >= 11 is 14.0. The molecule has 1 heterocycles. The van der Waals surface area contributed by atoms with Crippen molar-refractivity contribution in [3.8, 4) is 17.0 Å². The molecule has 0 fully saturated rings. The summed E-state index contributed by atoms with van der Waals surface area (Å²) < 4.78 is 1.79. The fourth-order valence-corrected chi connectivity index (χ4v) is 3.70. The van der Waals surface area contributed by atoms with Crippen molar-refractivity contribution in [1.29, 1.82) is 0 Å². The van der Waals surface area contributed by atoms with Gasteiger partial charge in [0.05, 0.1) is 16.4 Å². The van der Waals surface area contributed by atoms with Crippen LogP contribution in [0.4, 0.5) is 0 Å². The number of phenolic OH excluding ortho intramolecular Hbond substituents is 1. The largest absolute Gasteiger partial charge is 0.508 e. The molecule has 0 amide bonds. The summed E-state index contributed by atoms with van der Waals surface area (Å²) in [5, 5.41) is 17.4. The van der Waals surface area contributed by atoms with Gasteiger partial charge >= 0.3 is 0 Å². The van der Waals surface area contributed by atoms with Crippen LogP contribution in [-0.2, 0) is 0 Å². The number of halogens is 2. The maximum atomic E-state index is 9.47. The fourth-order valence-electron chi connectivity index (χ4n) is 2.43. The van der Waals surface area contributed by atoms with Crippen LogP contribution in [0.25, 0.3) is 11.3 Å². The SMILES string of the molecule is CCN=c1scc(-c2cc(Cl)ccc2Cl)n1N=C(C)c1ccc(O)cc1. The Morgan fingerprint density at radius 3 is 2.58 bits per heavy atom. The molecule has 3 rings (SSSR count). The molecule has 1 aromatic heterocycles. The van der Waals surface area contributed by atoms with E-state index in [1.807, 2.05) is 37.4 Å². The van der Waals surface area contributed by atoms with E-state index in [0.29, 0.717) is 16.6 Å². The van der Waals surface area contributed by atoms with E-state index in [9.17, 15) is 5.11 Å². The average Bonchev–Trinajstić information content (AvgIpc) is 3.00. The zero-order chi connectivity index (χ0) is 18.7. The molecule has 0 saturated heterocycles. The first-order valence-corrected chi connectivity index (χ1v) is 9.64. The van der Waals surface area contributed by atoms with Gasteiger partial charge in [-0.25, -0.2) is 4.68 Å². The van der Waals surface area contributed by atoms with E-state index in [1.165, 1.54) is 11.3 Å². The minimum atomic E-state index is 0.220. The highest BCUT2D eigenvalue weighted by molar-refractivity contribution is 7.07. The number of hydrogen-bond acceptors (Lipinski definition) is 4. The lowest BCUT2D eigenvalue weighted by Gasteiger charge is -2.08. The van der Waals surface area contributed by atoms with Crippen LogP contribution in [0.15, 0.2) is 57.9 Å². The van der Waals surface area contributed by atoms with Crippen molar-refractivity contribution >= 4 is 40.3 Å². The van der Waals surface area contributed by atoms with Crippen molar-refractivity contribution in [1.82, 2.24) is 4.68 Å². The van der Waals surface area contributed by atoms with Gasteiger partial charge in [-0.3, -0.25) is 4.99 Å². The van der Waals surface area contributed by atoms with E-state index in [-0.39, 0.29) is 5.75 Å². The van der Waals surface area contributed by atoms with Crippen molar-refractivity contribution in [2.75, 3.05) is 6.54 Å². The zero-order valence-corrected chi connectivity index (χ0v) is 16.6. The van der Waals surface area contributed by atoms with Crippen molar-refractivity contribution in [3.05, 3.63) is 68.3 Å². The number of aromatic hydroxyl groups is 1. The smallest absolute Gasteiger partial charge is 0.206 e.